The molecule has 152 valence electrons. The lowest BCUT2D eigenvalue weighted by molar-refractivity contribution is -0.137. The third kappa shape index (κ3) is 6.15. The monoisotopic (exact) mass is 396 g/mol. The molecule has 0 unspecified atom stereocenters. The SMILES string of the molecule is CCOC(=O)c1ccc(N=Cc2ccc(OCC(=O)N3CCOCC3)cc2)cc1. The number of benzene rings is 2. The highest BCUT2D eigenvalue weighted by Crippen LogP contribution is 2.15. The van der Waals surface area contributed by atoms with E-state index in [1.54, 1.807) is 54.4 Å². The molecule has 7 nitrogen and oxygen atoms in total. The Morgan fingerprint density at radius 2 is 1.76 bits per heavy atom. The van der Waals surface area contributed by atoms with Crippen LogP contribution in [0.5, 0.6) is 5.75 Å². The Labute approximate surface area is 169 Å². The maximum atomic E-state index is 12.1. The molecule has 0 radical (unpaired) electrons. The van der Waals surface area contributed by atoms with E-state index >= 15 is 0 Å². The summed E-state index contributed by atoms with van der Waals surface area (Å²) in [6.45, 7) is 4.50. The van der Waals surface area contributed by atoms with Crippen molar-refractivity contribution in [2.75, 3.05) is 39.5 Å². The molecular formula is C22H24N2O5. The summed E-state index contributed by atoms with van der Waals surface area (Å²) in [4.78, 5) is 29.9. The second kappa shape index (κ2) is 10.4. The van der Waals surface area contributed by atoms with E-state index in [0.29, 0.717) is 44.2 Å². The number of hydrogen-bond acceptors (Lipinski definition) is 6. The number of amides is 1. The van der Waals surface area contributed by atoms with Gasteiger partial charge in [0.15, 0.2) is 6.61 Å². The fourth-order valence-corrected chi connectivity index (χ4v) is 2.75. The van der Waals surface area contributed by atoms with Gasteiger partial charge in [-0.1, -0.05) is 0 Å². The van der Waals surface area contributed by atoms with E-state index in [9.17, 15) is 9.59 Å². The van der Waals surface area contributed by atoms with Crippen LogP contribution in [0.2, 0.25) is 0 Å². The number of morpholine rings is 1. The zero-order valence-corrected chi connectivity index (χ0v) is 16.4. The molecule has 1 aliphatic rings. The van der Waals surface area contributed by atoms with Gasteiger partial charge in [0, 0.05) is 19.3 Å². The number of carbonyl (C=O) groups excluding carboxylic acids is 2. The van der Waals surface area contributed by atoms with Crippen LogP contribution < -0.4 is 4.74 Å². The van der Waals surface area contributed by atoms with Crippen molar-refractivity contribution < 1.29 is 23.8 Å². The van der Waals surface area contributed by atoms with Gasteiger partial charge in [0.2, 0.25) is 0 Å². The van der Waals surface area contributed by atoms with Crippen LogP contribution in [0, 0.1) is 0 Å². The van der Waals surface area contributed by atoms with Crippen LogP contribution >= 0.6 is 0 Å². The molecule has 3 rings (SSSR count). The molecule has 0 aliphatic carbocycles. The first-order valence-electron chi connectivity index (χ1n) is 9.55. The van der Waals surface area contributed by atoms with Crippen molar-refractivity contribution >= 4 is 23.8 Å². The van der Waals surface area contributed by atoms with E-state index in [2.05, 4.69) is 4.99 Å². The summed E-state index contributed by atoms with van der Waals surface area (Å²) in [5.41, 5.74) is 2.12. The number of esters is 1. The Hall–Kier alpha value is -3.19. The van der Waals surface area contributed by atoms with Gasteiger partial charge in [-0.05, 0) is 61.0 Å². The Kier molecular flexibility index (Phi) is 7.35. The van der Waals surface area contributed by atoms with Gasteiger partial charge >= 0.3 is 5.97 Å². The van der Waals surface area contributed by atoms with Gasteiger partial charge < -0.3 is 19.1 Å². The third-order valence-electron chi connectivity index (χ3n) is 4.35. The van der Waals surface area contributed by atoms with Crippen LogP contribution in [0.15, 0.2) is 53.5 Å². The van der Waals surface area contributed by atoms with E-state index in [1.807, 2.05) is 12.1 Å². The largest absolute Gasteiger partial charge is 0.484 e. The highest BCUT2D eigenvalue weighted by Gasteiger charge is 2.17. The van der Waals surface area contributed by atoms with E-state index in [1.165, 1.54) is 0 Å². The predicted octanol–water partition coefficient (Wildman–Crippen LogP) is 2.85. The summed E-state index contributed by atoms with van der Waals surface area (Å²) in [6.07, 6.45) is 1.72. The van der Waals surface area contributed by atoms with Crippen LogP contribution in [0.3, 0.4) is 0 Å². The summed E-state index contributed by atoms with van der Waals surface area (Å²) in [7, 11) is 0. The summed E-state index contributed by atoms with van der Waals surface area (Å²) in [5, 5.41) is 0. The lowest BCUT2D eigenvalue weighted by Crippen LogP contribution is -2.42. The minimum Gasteiger partial charge on any atom is -0.484 e. The van der Waals surface area contributed by atoms with Crippen molar-refractivity contribution in [1.29, 1.82) is 0 Å². The first-order chi connectivity index (χ1) is 14.2. The summed E-state index contributed by atoms with van der Waals surface area (Å²) >= 11 is 0. The fraction of sp³-hybridized carbons (Fsp3) is 0.318. The van der Waals surface area contributed by atoms with E-state index in [4.69, 9.17) is 14.2 Å². The Morgan fingerprint density at radius 3 is 2.41 bits per heavy atom. The maximum absolute atomic E-state index is 12.1. The average molecular weight is 396 g/mol. The summed E-state index contributed by atoms with van der Waals surface area (Å²) in [5.74, 6) is 0.249. The van der Waals surface area contributed by atoms with Gasteiger partial charge in [-0.3, -0.25) is 9.79 Å². The first kappa shape index (κ1) is 20.5. The molecule has 1 aliphatic heterocycles. The number of carbonyl (C=O) groups is 2. The number of rotatable bonds is 7. The lowest BCUT2D eigenvalue weighted by Gasteiger charge is -2.26. The van der Waals surface area contributed by atoms with Gasteiger partial charge in [-0.25, -0.2) is 4.79 Å². The molecule has 0 N–H and O–H groups in total. The standard InChI is InChI=1S/C22H24N2O5/c1-2-28-22(26)18-5-7-19(8-6-18)23-15-17-3-9-20(10-4-17)29-16-21(25)24-11-13-27-14-12-24/h3-10,15H,2,11-14,16H2,1H3. The molecule has 2 aromatic carbocycles. The number of nitrogens with zero attached hydrogens (tertiary/aromatic N) is 2. The van der Waals surface area contributed by atoms with E-state index < -0.39 is 0 Å². The highest BCUT2D eigenvalue weighted by molar-refractivity contribution is 5.90. The van der Waals surface area contributed by atoms with Crippen LogP contribution in [-0.4, -0.2) is 62.5 Å². The first-order valence-corrected chi connectivity index (χ1v) is 9.55. The molecule has 1 amide bonds. The van der Waals surface area contributed by atoms with Gasteiger partial charge in [-0.2, -0.15) is 0 Å². The molecule has 0 aromatic heterocycles. The van der Waals surface area contributed by atoms with Crippen molar-refractivity contribution in [3.63, 3.8) is 0 Å². The number of ether oxygens (including phenoxy) is 3. The zero-order valence-electron chi connectivity index (χ0n) is 16.4. The molecule has 29 heavy (non-hydrogen) atoms. The molecule has 0 bridgehead atoms. The molecule has 7 heteroatoms. The fourth-order valence-electron chi connectivity index (χ4n) is 2.75. The minimum atomic E-state index is -0.342. The van der Waals surface area contributed by atoms with Crippen LogP contribution in [-0.2, 0) is 14.3 Å². The summed E-state index contributed by atoms with van der Waals surface area (Å²) < 4.78 is 15.8. The molecule has 0 atom stereocenters. The van der Waals surface area contributed by atoms with Crippen LogP contribution in [0.1, 0.15) is 22.8 Å². The quantitative estimate of drug-likeness (QED) is 0.531. The van der Waals surface area contributed by atoms with Gasteiger partial charge in [0.05, 0.1) is 31.1 Å². The molecule has 1 heterocycles. The molecule has 1 fully saturated rings. The molecule has 0 spiro atoms. The predicted molar refractivity (Wildman–Crippen MR) is 109 cm³/mol. The van der Waals surface area contributed by atoms with E-state index in [-0.39, 0.29) is 18.5 Å². The molecule has 2 aromatic rings. The normalized spacial score (nSPS) is 14.0. The van der Waals surface area contributed by atoms with Gasteiger partial charge in [-0.15, -0.1) is 0 Å². The van der Waals surface area contributed by atoms with Crippen molar-refractivity contribution in [3.8, 4) is 5.75 Å². The van der Waals surface area contributed by atoms with Crippen molar-refractivity contribution in [2.45, 2.75) is 6.92 Å². The Balaban J connectivity index is 1.50. The third-order valence-corrected chi connectivity index (χ3v) is 4.35. The minimum absolute atomic E-state index is 0.0141. The smallest absolute Gasteiger partial charge is 0.338 e. The average Bonchev–Trinajstić information content (AvgIpc) is 2.78. The second-order valence-corrected chi connectivity index (χ2v) is 6.38. The summed E-state index contributed by atoms with van der Waals surface area (Å²) in [6, 6.07) is 14.2. The van der Waals surface area contributed by atoms with Crippen LogP contribution in [0.4, 0.5) is 5.69 Å². The van der Waals surface area contributed by atoms with Crippen LogP contribution in [0.25, 0.3) is 0 Å². The van der Waals surface area contributed by atoms with Gasteiger partial charge in [0.25, 0.3) is 5.91 Å². The molecular weight excluding hydrogens is 372 g/mol. The van der Waals surface area contributed by atoms with Crippen molar-refractivity contribution in [3.05, 3.63) is 59.7 Å². The Bertz CT molecular complexity index is 841. The van der Waals surface area contributed by atoms with E-state index in [0.717, 1.165) is 11.3 Å². The zero-order chi connectivity index (χ0) is 20.5. The number of aliphatic imine (C=N–C) groups is 1. The Morgan fingerprint density at radius 1 is 1.07 bits per heavy atom. The molecule has 0 saturated carbocycles. The topological polar surface area (TPSA) is 77.4 Å². The van der Waals surface area contributed by atoms with Gasteiger partial charge in [0.1, 0.15) is 5.75 Å². The lowest BCUT2D eigenvalue weighted by atomic mass is 10.2. The second-order valence-electron chi connectivity index (χ2n) is 6.38. The van der Waals surface area contributed by atoms with Crippen molar-refractivity contribution in [1.82, 2.24) is 4.90 Å². The highest BCUT2D eigenvalue weighted by atomic mass is 16.5. The maximum Gasteiger partial charge on any atom is 0.338 e. The van der Waals surface area contributed by atoms with Crippen molar-refractivity contribution in [2.24, 2.45) is 4.99 Å². The molecule has 1 saturated heterocycles. The number of hydrogen-bond donors (Lipinski definition) is 0.